The van der Waals surface area contributed by atoms with Gasteiger partial charge in [-0.15, -0.1) is 11.3 Å². The highest BCUT2D eigenvalue weighted by Gasteiger charge is 2.29. The summed E-state index contributed by atoms with van der Waals surface area (Å²) in [6.07, 6.45) is 0. The average molecular weight is 343 g/mol. The van der Waals surface area contributed by atoms with Gasteiger partial charge in [-0.05, 0) is 25.3 Å². The first-order chi connectivity index (χ1) is 10.3. The van der Waals surface area contributed by atoms with Crippen LogP contribution in [-0.4, -0.2) is 37.4 Å². The first-order valence-corrected chi connectivity index (χ1v) is 8.82. The molecule has 1 amide bonds. The van der Waals surface area contributed by atoms with Crippen LogP contribution in [0.25, 0.3) is 0 Å². The van der Waals surface area contributed by atoms with Crippen LogP contribution in [0.4, 0.5) is 0 Å². The molecule has 9 heteroatoms. The van der Waals surface area contributed by atoms with Gasteiger partial charge >= 0.3 is 0 Å². The molecule has 120 valence electrons. The summed E-state index contributed by atoms with van der Waals surface area (Å²) >= 11 is 1.52. The molecular weight excluding hydrogens is 326 g/mol. The van der Waals surface area contributed by atoms with Gasteiger partial charge in [-0.2, -0.15) is 4.31 Å². The van der Waals surface area contributed by atoms with E-state index < -0.39 is 10.0 Å². The first kappa shape index (κ1) is 16.7. The Balaban J connectivity index is 2.01. The molecule has 2 rings (SSSR count). The molecule has 0 aliphatic carbocycles. The predicted molar refractivity (Wildman–Crippen MR) is 82.0 cm³/mol. The number of thiophene rings is 1. The van der Waals surface area contributed by atoms with Crippen molar-refractivity contribution in [2.45, 2.75) is 25.3 Å². The molecule has 0 radical (unpaired) electrons. The van der Waals surface area contributed by atoms with Gasteiger partial charge in [0.25, 0.3) is 0 Å². The van der Waals surface area contributed by atoms with Crippen LogP contribution in [-0.2, 0) is 21.4 Å². The number of likely N-dealkylation sites (N-methyl/N-ethyl adjacent to an activating group) is 1. The number of carbonyl (C=O) groups is 1. The molecule has 2 aromatic rings. The Morgan fingerprint density at radius 2 is 2.18 bits per heavy atom. The second-order valence-electron chi connectivity index (χ2n) is 4.77. The Hall–Kier alpha value is -1.71. The third kappa shape index (κ3) is 3.54. The van der Waals surface area contributed by atoms with Crippen molar-refractivity contribution in [3.05, 3.63) is 33.8 Å². The molecule has 0 bridgehead atoms. The molecule has 7 nitrogen and oxygen atoms in total. The summed E-state index contributed by atoms with van der Waals surface area (Å²) in [6, 6.07) is 3.79. The van der Waals surface area contributed by atoms with Gasteiger partial charge in [0.05, 0.1) is 13.1 Å². The number of amides is 1. The molecule has 2 heterocycles. The minimum atomic E-state index is -3.81. The van der Waals surface area contributed by atoms with Gasteiger partial charge in [-0.25, -0.2) is 8.42 Å². The maximum Gasteiger partial charge on any atom is 0.248 e. The van der Waals surface area contributed by atoms with Gasteiger partial charge in [0, 0.05) is 11.9 Å². The standard InChI is InChI=1S/C13H17N3O4S2/c1-9-13(10(2)20-15-9)22(18,19)16(3)8-12(17)14-7-11-5-4-6-21-11/h4-6H,7-8H2,1-3H3,(H,14,17). The Morgan fingerprint density at radius 3 is 2.73 bits per heavy atom. The van der Waals surface area contributed by atoms with Crippen molar-refractivity contribution < 1.29 is 17.7 Å². The topological polar surface area (TPSA) is 92.5 Å². The highest BCUT2D eigenvalue weighted by atomic mass is 32.2. The van der Waals surface area contributed by atoms with E-state index in [-0.39, 0.29) is 28.8 Å². The average Bonchev–Trinajstić information content (AvgIpc) is 3.06. The normalized spacial score (nSPS) is 11.8. The van der Waals surface area contributed by atoms with E-state index in [2.05, 4.69) is 10.5 Å². The van der Waals surface area contributed by atoms with Crippen molar-refractivity contribution in [3.8, 4) is 0 Å². The Bertz CT molecular complexity index is 731. The molecule has 1 N–H and O–H groups in total. The lowest BCUT2D eigenvalue weighted by molar-refractivity contribution is -0.121. The van der Waals surface area contributed by atoms with Crippen LogP contribution in [0.3, 0.4) is 0 Å². The van der Waals surface area contributed by atoms with Gasteiger partial charge in [-0.1, -0.05) is 11.2 Å². The van der Waals surface area contributed by atoms with Crippen LogP contribution >= 0.6 is 11.3 Å². The number of sulfonamides is 1. The van der Waals surface area contributed by atoms with Crippen LogP contribution in [0.2, 0.25) is 0 Å². The zero-order valence-corrected chi connectivity index (χ0v) is 14.1. The van der Waals surface area contributed by atoms with Crippen LogP contribution in [0.1, 0.15) is 16.3 Å². The molecule has 0 unspecified atom stereocenters. The number of hydrogen-bond donors (Lipinski definition) is 1. The monoisotopic (exact) mass is 343 g/mol. The number of aryl methyl sites for hydroxylation is 2. The molecule has 22 heavy (non-hydrogen) atoms. The van der Waals surface area contributed by atoms with Crippen molar-refractivity contribution in [1.29, 1.82) is 0 Å². The maximum absolute atomic E-state index is 12.5. The van der Waals surface area contributed by atoms with E-state index in [1.165, 1.54) is 25.3 Å². The molecule has 0 fully saturated rings. The highest BCUT2D eigenvalue weighted by molar-refractivity contribution is 7.89. The fraction of sp³-hybridized carbons (Fsp3) is 0.385. The van der Waals surface area contributed by atoms with Gasteiger partial charge in [0.15, 0.2) is 5.76 Å². The molecular formula is C13H17N3O4S2. The van der Waals surface area contributed by atoms with Gasteiger partial charge in [0.2, 0.25) is 15.9 Å². The minimum absolute atomic E-state index is 0.0149. The quantitative estimate of drug-likeness (QED) is 0.853. The second-order valence-corrected chi connectivity index (χ2v) is 7.78. The Morgan fingerprint density at radius 1 is 1.45 bits per heavy atom. The highest BCUT2D eigenvalue weighted by Crippen LogP contribution is 2.22. The predicted octanol–water partition coefficient (Wildman–Crippen LogP) is 1.29. The van der Waals surface area contributed by atoms with E-state index in [4.69, 9.17) is 4.52 Å². The number of nitrogens with zero attached hydrogens (tertiary/aromatic N) is 2. The summed E-state index contributed by atoms with van der Waals surface area (Å²) in [5, 5.41) is 8.24. The van der Waals surface area contributed by atoms with Crippen molar-refractivity contribution in [2.75, 3.05) is 13.6 Å². The summed E-state index contributed by atoms with van der Waals surface area (Å²) in [7, 11) is -2.45. The lowest BCUT2D eigenvalue weighted by Crippen LogP contribution is -2.38. The largest absolute Gasteiger partial charge is 0.360 e. The molecule has 2 aromatic heterocycles. The molecule has 0 saturated carbocycles. The van der Waals surface area contributed by atoms with E-state index in [1.54, 1.807) is 6.92 Å². The number of rotatable bonds is 6. The van der Waals surface area contributed by atoms with E-state index in [1.807, 2.05) is 17.5 Å². The summed E-state index contributed by atoms with van der Waals surface area (Å²) in [4.78, 5) is 12.9. The van der Waals surface area contributed by atoms with Crippen LogP contribution < -0.4 is 5.32 Å². The number of hydrogen-bond acceptors (Lipinski definition) is 6. The fourth-order valence-electron chi connectivity index (χ4n) is 1.94. The molecule has 0 aliphatic heterocycles. The van der Waals surface area contributed by atoms with Crippen LogP contribution in [0, 0.1) is 13.8 Å². The first-order valence-electron chi connectivity index (χ1n) is 6.50. The fourth-order valence-corrected chi connectivity index (χ4v) is 4.00. The van der Waals surface area contributed by atoms with Gasteiger partial charge < -0.3 is 9.84 Å². The molecule has 0 saturated heterocycles. The third-order valence-electron chi connectivity index (χ3n) is 3.04. The van der Waals surface area contributed by atoms with Gasteiger partial charge in [-0.3, -0.25) is 4.79 Å². The Labute approximate surface area is 133 Å². The van der Waals surface area contributed by atoms with E-state index in [0.29, 0.717) is 6.54 Å². The molecule has 0 aliphatic rings. The van der Waals surface area contributed by atoms with E-state index in [9.17, 15) is 13.2 Å². The Kier molecular flexibility index (Phi) is 4.99. The summed E-state index contributed by atoms with van der Waals surface area (Å²) < 4.78 is 30.8. The molecule has 0 spiro atoms. The number of carbonyl (C=O) groups excluding carboxylic acids is 1. The van der Waals surface area contributed by atoms with Crippen molar-refractivity contribution in [2.24, 2.45) is 0 Å². The third-order valence-corrected chi connectivity index (χ3v) is 5.97. The number of aromatic nitrogens is 1. The van der Waals surface area contributed by atoms with E-state index >= 15 is 0 Å². The summed E-state index contributed by atoms with van der Waals surface area (Å²) in [6.45, 7) is 3.19. The lowest BCUT2D eigenvalue weighted by atomic mass is 10.4. The van der Waals surface area contributed by atoms with Crippen molar-refractivity contribution >= 4 is 27.3 Å². The summed E-state index contributed by atoms with van der Waals surface area (Å²) in [5.74, 6) is -0.158. The van der Waals surface area contributed by atoms with E-state index in [0.717, 1.165) is 9.18 Å². The van der Waals surface area contributed by atoms with Crippen LogP contribution in [0.15, 0.2) is 26.9 Å². The second kappa shape index (κ2) is 6.59. The van der Waals surface area contributed by atoms with Gasteiger partial charge in [0.1, 0.15) is 10.6 Å². The zero-order chi connectivity index (χ0) is 16.3. The smallest absolute Gasteiger partial charge is 0.248 e. The maximum atomic E-state index is 12.5. The molecule has 0 atom stereocenters. The van der Waals surface area contributed by atoms with Crippen molar-refractivity contribution in [3.63, 3.8) is 0 Å². The SMILES string of the molecule is Cc1noc(C)c1S(=O)(=O)N(C)CC(=O)NCc1cccs1. The molecule has 0 aromatic carbocycles. The zero-order valence-electron chi connectivity index (χ0n) is 12.5. The van der Waals surface area contributed by atoms with Crippen LogP contribution in [0.5, 0.6) is 0 Å². The minimum Gasteiger partial charge on any atom is -0.360 e. The van der Waals surface area contributed by atoms with Crippen molar-refractivity contribution in [1.82, 2.24) is 14.8 Å². The number of nitrogens with one attached hydrogen (secondary N) is 1. The summed E-state index contributed by atoms with van der Waals surface area (Å²) in [5.41, 5.74) is 0.281. The lowest BCUT2D eigenvalue weighted by Gasteiger charge is -2.16.